The highest BCUT2D eigenvalue weighted by Gasteiger charge is 2.29. The molecule has 2 N–H and O–H groups in total. The lowest BCUT2D eigenvalue weighted by Crippen LogP contribution is -2.47. The van der Waals surface area contributed by atoms with E-state index in [1.54, 1.807) is 13.0 Å². The standard InChI is InChI=1S/C22H30N6O5S/c1-4-6-19-23-15(3)20-22(29)24-21(25-28(19)20)17-14-16(7-8-18(17)33-13-5-2)34(31,32)27-11-9-26(30)10-12-27/h7-8,14,30H,4-6,9-13H2,1-3H3,(H,24,25,29). The van der Waals surface area contributed by atoms with Crippen molar-refractivity contribution in [2.45, 2.75) is 44.9 Å². The summed E-state index contributed by atoms with van der Waals surface area (Å²) in [5, 5.41) is 15.3. The first-order valence-corrected chi connectivity index (χ1v) is 12.9. The van der Waals surface area contributed by atoms with Crippen LogP contribution in [0.4, 0.5) is 0 Å². The second-order valence-electron chi connectivity index (χ2n) is 8.29. The van der Waals surface area contributed by atoms with Crippen LogP contribution >= 0.6 is 0 Å². The number of benzene rings is 1. The van der Waals surface area contributed by atoms with Gasteiger partial charge in [0.25, 0.3) is 5.56 Å². The highest BCUT2D eigenvalue weighted by molar-refractivity contribution is 7.89. The van der Waals surface area contributed by atoms with Crippen molar-refractivity contribution in [2.75, 3.05) is 32.8 Å². The van der Waals surface area contributed by atoms with Crippen molar-refractivity contribution in [1.29, 1.82) is 0 Å². The number of aromatic nitrogens is 4. The Morgan fingerprint density at radius 3 is 2.56 bits per heavy atom. The largest absolute Gasteiger partial charge is 0.493 e. The summed E-state index contributed by atoms with van der Waals surface area (Å²) in [7, 11) is -3.82. The first-order valence-electron chi connectivity index (χ1n) is 11.5. The van der Waals surface area contributed by atoms with Crippen molar-refractivity contribution in [3.05, 3.63) is 40.1 Å². The molecule has 0 spiro atoms. The number of ether oxygens (including phenoxy) is 1. The van der Waals surface area contributed by atoms with Gasteiger partial charge in [0.05, 0.1) is 22.8 Å². The molecule has 0 saturated carbocycles. The zero-order valence-corrected chi connectivity index (χ0v) is 20.4. The van der Waals surface area contributed by atoms with Gasteiger partial charge in [-0.2, -0.15) is 9.37 Å². The van der Waals surface area contributed by atoms with Gasteiger partial charge in [-0.15, -0.1) is 5.10 Å². The molecule has 3 aromatic rings. The summed E-state index contributed by atoms with van der Waals surface area (Å²) in [6.45, 7) is 7.00. The minimum atomic E-state index is -3.82. The number of piperazine rings is 1. The summed E-state index contributed by atoms with van der Waals surface area (Å²) in [5.41, 5.74) is 0.980. The summed E-state index contributed by atoms with van der Waals surface area (Å²) in [5.74, 6) is 1.30. The van der Waals surface area contributed by atoms with Gasteiger partial charge >= 0.3 is 0 Å². The average Bonchev–Trinajstić information content (AvgIpc) is 3.13. The van der Waals surface area contributed by atoms with Gasteiger partial charge in [0, 0.05) is 32.6 Å². The van der Waals surface area contributed by atoms with Crippen LogP contribution in [0.3, 0.4) is 0 Å². The van der Waals surface area contributed by atoms with Crippen LogP contribution in [0.15, 0.2) is 27.9 Å². The fraction of sp³-hybridized carbons (Fsp3) is 0.500. The molecule has 1 aliphatic rings. The van der Waals surface area contributed by atoms with Crippen molar-refractivity contribution < 1.29 is 18.4 Å². The quantitative estimate of drug-likeness (QED) is 0.489. The Bertz CT molecular complexity index is 1340. The molecule has 1 aromatic carbocycles. The summed E-state index contributed by atoms with van der Waals surface area (Å²) < 4.78 is 35.3. The number of sulfonamides is 1. The zero-order valence-electron chi connectivity index (χ0n) is 19.6. The average molecular weight is 491 g/mol. The number of hydroxylamine groups is 2. The smallest absolute Gasteiger partial charge is 0.277 e. The number of imidazole rings is 1. The number of nitrogens with zero attached hydrogens (tertiary/aromatic N) is 5. The molecule has 1 fully saturated rings. The monoisotopic (exact) mass is 490 g/mol. The van der Waals surface area contributed by atoms with Gasteiger partial charge in [0.2, 0.25) is 10.0 Å². The third-order valence-corrected chi connectivity index (χ3v) is 7.63. The first kappa shape index (κ1) is 24.3. The van der Waals surface area contributed by atoms with Crippen molar-refractivity contribution >= 4 is 15.5 Å². The number of aromatic amines is 1. The van der Waals surface area contributed by atoms with E-state index < -0.39 is 10.0 Å². The van der Waals surface area contributed by atoms with Gasteiger partial charge in [-0.3, -0.25) is 4.79 Å². The van der Waals surface area contributed by atoms with Gasteiger partial charge in [0.15, 0.2) is 11.3 Å². The molecule has 184 valence electrons. The minimum Gasteiger partial charge on any atom is -0.493 e. The predicted molar refractivity (Wildman–Crippen MR) is 126 cm³/mol. The molecule has 11 nitrogen and oxygen atoms in total. The van der Waals surface area contributed by atoms with E-state index in [-0.39, 0.29) is 42.5 Å². The summed E-state index contributed by atoms with van der Waals surface area (Å²) in [6.07, 6.45) is 2.24. The molecule has 12 heteroatoms. The van der Waals surface area contributed by atoms with E-state index >= 15 is 0 Å². The van der Waals surface area contributed by atoms with Gasteiger partial charge in [-0.1, -0.05) is 13.8 Å². The van der Waals surface area contributed by atoms with Crippen LogP contribution in [0.2, 0.25) is 0 Å². The van der Waals surface area contributed by atoms with Gasteiger partial charge in [-0.05, 0) is 38.0 Å². The Labute approximate surface area is 198 Å². The molecular formula is C22H30N6O5S. The third kappa shape index (κ3) is 4.58. The molecule has 0 aliphatic carbocycles. The van der Waals surface area contributed by atoms with Crippen molar-refractivity contribution in [1.82, 2.24) is 29.0 Å². The Morgan fingerprint density at radius 2 is 1.88 bits per heavy atom. The lowest BCUT2D eigenvalue weighted by Gasteiger charge is -2.30. The van der Waals surface area contributed by atoms with Crippen LogP contribution in [-0.2, 0) is 16.4 Å². The summed E-state index contributed by atoms with van der Waals surface area (Å²) in [6, 6.07) is 4.57. The maximum Gasteiger partial charge on any atom is 0.277 e. The lowest BCUT2D eigenvalue weighted by atomic mass is 10.2. The molecule has 0 bridgehead atoms. The normalized spacial score (nSPS) is 15.8. The van der Waals surface area contributed by atoms with Crippen LogP contribution in [0.25, 0.3) is 16.9 Å². The van der Waals surface area contributed by atoms with Crippen LogP contribution in [0, 0.1) is 6.92 Å². The van der Waals surface area contributed by atoms with E-state index in [1.165, 1.54) is 21.0 Å². The fourth-order valence-electron chi connectivity index (χ4n) is 4.00. The van der Waals surface area contributed by atoms with Crippen LogP contribution < -0.4 is 10.3 Å². The number of rotatable bonds is 8. The molecule has 0 atom stereocenters. The molecule has 34 heavy (non-hydrogen) atoms. The molecule has 1 aliphatic heterocycles. The Hall–Kier alpha value is -2.80. The summed E-state index contributed by atoms with van der Waals surface area (Å²) >= 11 is 0. The Morgan fingerprint density at radius 1 is 1.15 bits per heavy atom. The van der Waals surface area contributed by atoms with E-state index in [1.807, 2.05) is 13.8 Å². The maximum atomic E-state index is 13.3. The van der Waals surface area contributed by atoms with E-state index in [9.17, 15) is 18.4 Å². The van der Waals surface area contributed by atoms with E-state index in [4.69, 9.17) is 4.74 Å². The van der Waals surface area contributed by atoms with Crippen molar-refractivity contribution in [3.8, 4) is 17.1 Å². The Kier molecular flexibility index (Phi) is 7.03. The number of fused-ring (bicyclic) bond motifs is 1. The van der Waals surface area contributed by atoms with Crippen LogP contribution in [0.5, 0.6) is 5.75 Å². The molecule has 4 rings (SSSR count). The molecule has 0 amide bonds. The van der Waals surface area contributed by atoms with E-state index in [2.05, 4.69) is 15.1 Å². The molecule has 2 aromatic heterocycles. The first-order chi connectivity index (χ1) is 16.3. The molecule has 1 saturated heterocycles. The molecular weight excluding hydrogens is 460 g/mol. The highest BCUT2D eigenvalue weighted by Crippen LogP contribution is 2.31. The Balaban J connectivity index is 1.85. The van der Waals surface area contributed by atoms with Crippen LogP contribution in [-0.4, -0.2) is 75.4 Å². The van der Waals surface area contributed by atoms with Crippen molar-refractivity contribution in [3.63, 3.8) is 0 Å². The number of hydrogen-bond acceptors (Lipinski definition) is 8. The maximum absolute atomic E-state index is 13.3. The van der Waals surface area contributed by atoms with Gasteiger partial charge < -0.3 is 14.9 Å². The second kappa shape index (κ2) is 9.82. The number of aryl methyl sites for hydroxylation is 2. The third-order valence-electron chi connectivity index (χ3n) is 5.74. The molecule has 0 radical (unpaired) electrons. The van der Waals surface area contributed by atoms with E-state index in [0.29, 0.717) is 41.4 Å². The number of nitrogens with one attached hydrogen (secondary N) is 1. The predicted octanol–water partition coefficient (Wildman–Crippen LogP) is 1.83. The van der Waals surface area contributed by atoms with Gasteiger partial charge in [-0.25, -0.2) is 17.9 Å². The fourth-order valence-corrected chi connectivity index (χ4v) is 5.45. The topological polar surface area (TPSA) is 133 Å². The number of hydrogen-bond donors (Lipinski definition) is 2. The van der Waals surface area contributed by atoms with Crippen molar-refractivity contribution in [2.24, 2.45) is 0 Å². The molecule has 3 heterocycles. The number of H-pyrrole nitrogens is 1. The molecule has 0 unspecified atom stereocenters. The lowest BCUT2D eigenvalue weighted by molar-refractivity contribution is -0.108. The van der Waals surface area contributed by atoms with Gasteiger partial charge in [0.1, 0.15) is 11.6 Å². The minimum absolute atomic E-state index is 0.0658. The second-order valence-corrected chi connectivity index (χ2v) is 10.2. The van der Waals surface area contributed by atoms with Crippen LogP contribution in [0.1, 0.15) is 38.2 Å². The zero-order chi connectivity index (χ0) is 24.5. The van der Waals surface area contributed by atoms with E-state index in [0.717, 1.165) is 17.9 Å². The highest BCUT2D eigenvalue weighted by atomic mass is 32.2. The SMILES string of the molecule is CCCOc1ccc(S(=O)(=O)N2CCN(O)CC2)cc1-c1nn2c(CCC)nc(C)c2c(=O)[nH]1. The summed E-state index contributed by atoms with van der Waals surface area (Å²) in [4.78, 5) is 20.3.